The van der Waals surface area contributed by atoms with E-state index in [4.69, 9.17) is 4.74 Å². The molecule has 0 unspecified atom stereocenters. The van der Waals surface area contributed by atoms with Crippen molar-refractivity contribution in [3.63, 3.8) is 0 Å². The molecule has 0 saturated carbocycles. The minimum Gasteiger partial charge on any atom is -0.379 e. The van der Waals surface area contributed by atoms with Gasteiger partial charge in [-0.15, -0.1) is 0 Å². The van der Waals surface area contributed by atoms with Gasteiger partial charge in [0.05, 0.1) is 18.1 Å². The quantitative estimate of drug-likeness (QED) is 0.820. The lowest BCUT2D eigenvalue weighted by Gasteiger charge is -2.35. The lowest BCUT2D eigenvalue weighted by Crippen LogP contribution is -2.49. The average molecular weight is 344 g/mol. The number of hydrogen-bond acceptors (Lipinski definition) is 4. The van der Waals surface area contributed by atoms with Crippen LogP contribution in [0.3, 0.4) is 0 Å². The zero-order valence-electron chi connectivity index (χ0n) is 13.7. The molecule has 23 heavy (non-hydrogen) atoms. The van der Waals surface area contributed by atoms with E-state index in [0.29, 0.717) is 25.7 Å². The molecule has 0 aliphatic carbocycles. The van der Waals surface area contributed by atoms with E-state index in [-0.39, 0.29) is 10.9 Å². The summed E-state index contributed by atoms with van der Waals surface area (Å²) >= 11 is 0. The van der Waals surface area contributed by atoms with Crippen molar-refractivity contribution in [1.29, 1.82) is 0 Å². The van der Waals surface area contributed by atoms with Crippen molar-refractivity contribution in [1.82, 2.24) is 9.62 Å². The van der Waals surface area contributed by atoms with Crippen molar-refractivity contribution >= 4 is 10.0 Å². The van der Waals surface area contributed by atoms with Gasteiger partial charge in [-0.3, -0.25) is 4.90 Å². The van der Waals surface area contributed by atoms with Gasteiger partial charge in [-0.1, -0.05) is 13.8 Å². The summed E-state index contributed by atoms with van der Waals surface area (Å²) in [5, 5.41) is 0. The summed E-state index contributed by atoms with van der Waals surface area (Å²) < 4.78 is 45.7. The molecule has 0 amide bonds. The number of halogens is 1. The van der Waals surface area contributed by atoms with E-state index in [2.05, 4.69) is 23.5 Å². The monoisotopic (exact) mass is 344 g/mol. The summed E-state index contributed by atoms with van der Waals surface area (Å²) in [5.41, 5.74) is 0. The van der Waals surface area contributed by atoms with Crippen LogP contribution in [0.2, 0.25) is 0 Å². The van der Waals surface area contributed by atoms with Crippen molar-refractivity contribution < 1.29 is 17.5 Å². The van der Waals surface area contributed by atoms with Crippen molar-refractivity contribution in [2.45, 2.75) is 31.2 Å². The minimum absolute atomic E-state index is 0.0872. The molecule has 0 aromatic heterocycles. The van der Waals surface area contributed by atoms with E-state index in [9.17, 15) is 12.8 Å². The van der Waals surface area contributed by atoms with E-state index in [0.717, 1.165) is 31.6 Å². The molecule has 1 atom stereocenters. The zero-order chi connectivity index (χ0) is 16.9. The molecule has 2 rings (SSSR count). The lowest BCUT2D eigenvalue weighted by molar-refractivity contribution is 0.0134. The molecular formula is C16H25FN2O3S. The highest BCUT2D eigenvalue weighted by Gasteiger charge is 2.24. The number of rotatable bonds is 7. The summed E-state index contributed by atoms with van der Waals surface area (Å²) in [6.45, 7) is 7.59. The van der Waals surface area contributed by atoms with Gasteiger partial charge in [-0.25, -0.2) is 17.5 Å². The van der Waals surface area contributed by atoms with Gasteiger partial charge < -0.3 is 4.74 Å². The topological polar surface area (TPSA) is 58.6 Å². The Labute approximate surface area is 137 Å². The number of sulfonamides is 1. The molecule has 1 aliphatic heterocycles. The molecule has 7 heteroatoms. The predicted octanol–water partition coefficient (Wildman–Crippen LogP) is 1.85. The fourth-order valence-electron chi connectivity index (χ4n) is 2.75. The average Bonchev–Trinajstić information content (AvgIpc) is 2.52. The normalized spacial score (nSPS) is 18.3. The Morgan fingerprint density at radius 2 is 1.83 bits per heavy atom. The van der Waals surface area contributed by atoms with Crippen LogP contribution in [0.15, 0.2) is 29.2 Å². The predicted molar refractivity (Wildman–Crippen MR) is 87.2 cm³/mol. The van der Waals surface area contributed by atoms with Crippen LogP contribution < -0.4 is 4.72 Å². The van der Waals surface area contributed by atoms with Gasteiger partial charge in [-0.2, -0.15) is 0 Å². The first-order valence-electron chi connectivity index (χ1n) is 7.95. The molecule has 5 nitrogen and oxygen atoms in total. The van der Waals surface area contributed by atoms with Crippen LogP contribution in [-0.4, -0.2) is 52.2 Å². The Kier molecular flexibility index (Phi) is 6.52. The molecule has 1 aromatic carbocycles. The van der Waals surface area contributed by atoms with Crippen LogP contribution >= 0.6 is 0 Å². The van der Waals surface area contributed by atoms with Gasteiger partial charge in [0, 0.05) is 25.7 Å². The third-order valence-corrected chi connectivity index (χ3v) is 5.38. The standard InChI is InChI=1S/C16H25FN2O3S/c1-13(2)11-15(19-7-9-22-10-8-19)12-18-23(20,21)16-5-3-14(17)4-6-16/h3-6,13,15,18H,7-12H2,1-2H3/t15-/m1/s1. The van der Waals surface area contributed by atoms with Gasteiger partial charge in [0.25, 0.3) is 0 Å². The van der Waals surface area contributed by atoms with E-state index in [1.165, 1.54) is 12.1 Å². The number of nitrogens with zero attached hydrogens (tertiary/aromatic N) is 1. The van der Waals surface area contributed by atoms with Gasteiger partial charge in [0.2, 0.25) is 10.0 Å². The third kappa shape index (κ3) is 5.53. The molecule has 1 fully saturated rings. The number of benzene rings is 1. The van der Waals surface area contributed by atoms with Crippen LogP contribution in [-0.2, 0) is 14.8 Å². The lowest BCUT2D eigenvalue weighted by atomic mass is 10.0. The second-order valence-electron chi connectivity index (χ2n) is 6.24. The molecule has 1 N–H and O–H groups in total. The van der Waals surface area contributed by atoms with Crippen LogP contribution in [0.25, 0.3) is 0 Å². The Morgan fingerprint density at radius 3 is 2.39 bits per heavy atom. The van der Waals surface area contributed by atoms with E-state index >= 15 is 0 Å². The molecular weight excluding hydrogens is 319 g/mol. The van der Waals surface area contributed by atoms with Gasteiger partial charge >= 0.3 is 0 Å². The maximum atomic E-state index is 12.9. The van der Waals surface area contributed by atoms with Crippen LogP contribution in [0.5, 0.6) is 0 Å². The molecule has 1 saturated heterocycles. The third-order valence-electron chi connectivity index (χ3n) is 3.94. The molecule has 0 spiro atoms. The summed E-state index contributed by atoms with van der Waals surface area (Å²) in [7, 11) is -3.62. The maximum absolute atomic E-state index is 12.9. The van der Waals surface area contributed by atoms with Crippen molar-refractivity contribution in [3.05, 3.63) is 30.1 Å². The van der Waals surface area contributed by atoms with E-state index in [1.807, 2.05) is 0 Å². The number of hydrogen-bond donors (Lipinski definition) is 1. The minimum atomic E-state index is -3.62. The summed E-state index contributed by atoms with van der Waals surface area (Å²) in [5.74, 6) is 0.0214. The molecule has 130 valence electrons. The van der Waals surface area contributed by atoms with Gasteiger partial charge in [0.1, 0.15) is 5.82 Å². The first-order chi connectivity index (χ1) is 10.9. The zero-order valence-corrected chi connectivity index (χ0v) is 14.5. The van der Waals surface area contributed by atoms with Crippen molar-refractivity contribution in [2.24, 2.45) is 5.92 Å². The van der Waals surface area contributed by atoms with Crippen molar-refractivity contribution in [2.75, 3.05) is 32.8 Å². The fraction of sp³-hybridized carbons (Fsp3) is 0.625. The number of nitrogens with one attached hydrogen (secondary N) is 1. The Morgan fingerprint density at radius 1 is 1.22 bits per heavy atom. The Bertz CT molecular complexity index is 584. The first-order valence-corrected chi connectivity index (χ1v) is 9.44. The number of ether oxygens (including phenoxy) is 1. The second-order valence-corrected chi connectivity index (χ2v) is 8.00. The fourth-order valence-corrected chi connectivity index (χ4v) is 3.82. The Hall–Kier alpha value is -1.02. The molecule has 0 bridgehead atoms. The second kappa shape index (κ2) is 8.19. The van der Waals surface area contributed by atoms with Crippen LogP contribution in [0.4, 0.5) is 4.39 Å². The summed E-state index contributed by atoms with van der Waals surface area (Å²) in [6.07, 6.45) is 0.909. The van der Waals surface area contributed by atoms with Gasteiger partial charge in [0.15, 0.2) is 0 Å². The Balaban J connectivity index is 2.02. The number of morpholine rings is 1. The van der Waals surface area contributed by atoms with Crippen LogP contribution in [0.1, 0.15) is 20.3 Å². The SMILES string of the molecule is CC(C)C[C@H](CNS(=O)(=O)c1ccc(F)cc1)N1CCOCC1. The van der Waals surface area contributed by atoms with Crippen LogP contribution in [0, 0.1) is 11.7 Å². The highest BCUT2D eigenvalue weighted by molar-refractivity contribution is 7.89. The van der Waals surface area contributed by atoms with E-state index in [1.54, 1.807) is 0 Å². The first kappa shape index (κ1) is 18.3. The van der Waals surface area contributed by atoms with Gasteiger partial charge in [-0.05, 0) is 36.6 Å². The highest BCUT2D eigenvalue weighted by Crippen LogP contribution is 2.15. The maximum Gasteiger partial charge on any atom is 0.240 e. The van der Waals surface area contributed by atoms with E-state index < -0.39 is 15.8 Å². The molecule has 0 radical (unpaired) electrons. The summed E-state index contributed by atoms with van der Waals surface area (Å²) in [6, 6.07) is 5.01. The molecule has 1 aromatic rings. The summed E-state index contributed by atoms with van der Waals surface area (Å²) in [4.78, 5) is 2.36. The largest absolute Gasteiger partial charge is 0.379 e. The molecule has 1 aliphatic rings. The smallest absolute Gasteiger partial charge is 0.240 e. The molecule has 1 heterocycles. The highest BCUT2D eigenvalue weighted by atomic mass is 32.2. The van der Waals surface area contributed by atoms with Crippen molar-refractivity contribution in [3.8, 4) is 0 Å².